The van der Waals surface area contributed by atoms with E-state index < -0.39 is 0 Å². The van der Waals surface area contributed by atoms with Crippen molar-refractivity contribution in [1.29, 1.82) is 0 Å². The molecule has 96 valence electrons. The summed E-state index contributed by atoms with van der Waals surface area (Å²) < 4.78 is 5.41. The lowest BCUT2D eigenvalue weighted by molar-refractivity contribution is 0.419. The molecule has 0 saturated carbocycles. The van der Waals surface area contributed by atoms with Crippen molar-refractivity contribution < 1.29 is 4.74 Å². The van der Waals surface area contributed by atoms with Crippen molar-refractivity contribution in [2.45, 2.75) is 27.2 Å². The summed E-state index contributed by atoms with van der Waals surface area (Å²) in [7, 11) is 1.69. The van der Waals surface area contributed by atoms with Gasteiger partial charge in [0.1, 0.15) is 11.3 Å². The predicted molar refractivity (Wildman–Crippen MR) is 76.5 cm³/mol. The van der Waals surface area contributed by atoms with Crippen LogP contribution in [0.15, 0.2) is 18.2 Å². The minimum atomic E-state index is 0.832. The van der Waals surface area contributed by atoms with E-state index in [-0.39, 0.29) is 0 Å². The van der Waals surface area contributed by atoms with Gasteiger partial charge in [-0.2, -0.15) is 0 Å². The van der Waals surface area contributed by atoms with Crippen molar-refractivity contribution in [2.24, 2.45) is 0 Å². The van der Waals surface area contributed by atoms with Gasteiger partial charge >= 0.3 is 0 Å². The number of ether oxygens (including phenoxy) is 1. The van der Waals surface area contributed by atoms with Crippen molar-refractivity contribution in [1.82, 2.24) is 4.98 Å². The Morgan fingerprint density at radius 2 is 2.06 bits per heavy atom. The summed E-state index contributed by atoms with van der Waals surface area (Å²) in [5.41, 5.74) is 4.31. The zero-order valence-corrected chi connectivity index (χ0v) is 11.5. The highest BCUT2D eigenvalue weighted by Gasteiger charge is 2.10. The van der Waals surface area contributed by atoms with Crippen molar-refractivity contribution in [3.05, 3.63) is 29.5 Å². The fourth-order valence-corrected chi connectivity index (χ4v) is 2.18. The highest BCUT2D eigenvalue weighted by molar-refractivity contribution is 5.97. The first-order valence-electron chi connectivity index (χ1n) is 6.36. The number of hydrogen-bond acceptors (Lipinski definition) is 3. The molecule has 3 nitrogen and oxygen atoms in total. The van der Waals surface area contributed by atoms with Crippen molar-refractivity contribution in [3.8, 4) is 5.75 Å². The highest BCUT2D eigenvalue weighted by atomic mass is 16.5. The number of aryl methyl sites for hydroxylation is 2. The molecule has 3 heteroatoms. The lowest BCUT2D eigenvalue weighted by Gasteiger charge is -2.14. The summed E-state index contributed by atoms with van der Waals surface area (Å²) in [4.78, 5) is 4.61. The second kappa shape index (κ2) is 5.25. The maximum absolute atomic E-state index is 5.41. The molecule has 1 heterocycles. The van der Waals surface area contributed by atoms with Gasteiger partial charge in [-0.3, -0.25) is 0 Å². The van der Waals surface area contributed by atoms with Crippen LogP contribution in [-0.4, -0.2) is 18.6 Å². The molecule has 0 saturated heterocycles. The van der Waals surface area contributed by atoms with Crippen LogP contribution in [0.5, 0.6) is 5.75 Å². The summed E-state index contributed by atoms with van der Waals surface area (Å²) in [5, 5.41) is 4.64. The van der Waals surface area contributed by atoms with Crippen LogP contribution in [0.25, 0.3) is 10.9 Å². The van der Waals surface area contributed by atoms with Gasteiger partial charge in [0, 0.05) is 23.3 Å². The molecule has 0 bridgehead atoms. The number of nitrogens with zero attached hydrogens (tertiary/aromatic N) is 1. The zero-order chi connectivity index (χ0) is 13.1. The maximum atomic E-state index is 5.41. The van der Waals surface area contributed by atoms with Crippen molar-refractivity contribution in [3.63, 3.8) is 0 Å². The molecule has 0 fully saturated rings. The fraction of sp³-hybridized carbons (Fsp3) is 0.400. The van der Waals surface area contributed by atoms with Crippen molar-refractivity contribution in [2.75, 3.05) is 19.0 Å². The number of nitrogens with one attached hydrogen (secondary N) is 1. The third-order valence-electron chi connectivity index (χ3n) is 3.05. The van der Waals surface area contributed by atoms with Gasteiger partial charge in [0.25, 0.3) is 0 Å². The number of anilines is 1. The first-order valence-corrected chi connectivity index (χ1v) is 6.36. The normalized spacial score (nSPS) is 10.7. The van der Waals surface area contributed by atoms with E-state index >= 15 is 0 Å². The monoisotopic (exact) mass is 244 g/mol. The standard InChI is InChI=1S/C15H20N2O/c1-5-8-16-12-9-11(3)17-15-13(18-4)7-6-10(2)14(12)15/h6-7,9H,5,8H2,1-4H3,(H,16,17). The molecule has 0 aliphatic carbocycles. The summed E-state index contributed by atoms with van der Waals surface area (Å²) >= 11 is 0. The van der Waals surface area contributed by atoms with Gasteiger partial charge in [0.15, 0.2) is 0 Å². The number of hydrogen-bond donors (Lipinski definition) is 1. The Hall–Kier alpha value is -1.77. The van der Waals surface area contributed by atoms with Crippen LogP contribution < -0.4 is 10.1 Å². The van der Waals surface area contributed by atoms with Crippen LogP contribution in [0.2, 0.25) is 0 Å². The Labute approximate surface area is 108 Å². The Balaban J connectivity index is 2.69. The minimum absolute atomic E-state index is 0.832. The Morgan fingerprint density at radius 3 is 2.72 bits per heavy atom. The van der Waals surface area contributed by atoms with Gasteiger partial charge in [-0.15, -0.1) is 0 Å². The van der Waals surface area contributed by atoms with E-state index in [0.717, 1.165) is 41.0 Å². The molecule has 1 aromatic heterocycles. The topological polar surface area (TPSA) is 34.2 Å². The first kappa shape index (κ1) is 12.7. The van der Waals surface area contributed by atoms with Crippen molar-refractivity contribution >= 4 is 16.6 Å². The van der Waals surface area contributed by atoms with Crippen LogP contribution in [0.4, 0.5) is 5.69 Å². The molecule has 2 aromatic rings. The van der Waals surface area contributed by atoms with E-state index in [2.05, 4.69) is 36.3 Å². The number of methoxy groups -OCH3 is 1. The van der Waals surface area contributed by atoms with Gasteiger partial charge in [-0.25, -0.2) is 4.98 Å². The second-order valence-corrected chi connectivity index (χ2v) is 4.55. The summed E-state index contributed by atoms with van der Waals surface area (Å²) in [6.45, 7) is 7.25. The van der Waals surface area contributed by atoms with Gasteiger partial charge in [0.2, 0.25) is 0 Å². The molecule has 1 aromatic carbocycles. The number of rotatable bonds is 4. The number of benzene rings is 1. The number of aromatic nitrogens is 1. The Kier molecular flexibility index (Phi) is 3.70. The van der Waals surface area contributed by atoms with Crippen LogP contribution in [0.3, 0.4) is 0 Å². The van der Waals surface area contributed by atoms with Crippen LogP contribution in [0.1, 0.15) is 24.6 Å². The van der Waals surface area contributed by atoms with E-state index in [1.54, 1.807) is 7.11 Å². The molecule has 0 amide bonds. The summed E-state index contributed by atoms with van der Waals surface area (Å²) in [6, 6.07) is 6.16. The summed E-state index contributed by atoms with van der Waals surface area (Å²) in [6.07, 6.45) is 1.10. The molecular weight excluding hydrogens is 224 g/mol. The van der Waals surface area contributed by atoms with Gasteiger partial charge < -0.3 is 10.1 Å². The van der Waals surface area contributed by atoms with E-state index in [0.29, 0.717) is 0 Å². The second-order valence-electron chi connectivity index (χ2n) is 4.55. The molecule has 2 rings (SSSR count). The molecular formula is C15H20N2O. The lowest BCUT2D eigenvalue weighted by atomic mass is 10.1. The quantitative estimate of drug-likeness (QED) is 0.890. The average molecular weight is 244 g/mol. The molecule has 0 atom stereocenters. The summed E-state index contributed by atoms with van der Waals surface area (Å²) in [5.74, 6) is 0.832. The average Bonchev–Trinajstić information content (AvgIpc) is 2.36. The van der Waals surface area contributed by atoms with E-state index in [1.165, 1.54) is 5.56 Å². The highest BCUT2D eigenvalue weighted by Crippen LogP contribution is 2.32. The molecule has 0 aliphatic rings. The zero-order valence-electron chi connectivity index (χ0n) is 11.5. The molecule has 1 N–H and O–H groups in total. The molecule has 18 heavy (non-hydrogen) atoms. The number of pyridine rings is 1. The minimum Gasteiger partial charge on any atom is -0.494 e. The Bertz CT molecular complexity index is 564. The first-order chi connectivity index (χ1) is 8.67. The number of fused-ring (bicyclic) bond motifs is 1. The van der Waals surface area contributed by atoms with E-state index in [1.807, 2.05) is 13.0 Å². The third kappa shape index (κ3) is 2.26. The molecule has 0 aliphatic heterocycles. The maximum Gasteiger partial charge on any atom is 0.145 e. The molecule has 0 radical (unpaired) electrons. The molecule has 0 unspecified atom stereocenters. The van der Waals surface area contributed by atoms with E-state index in [9.17, 15) is 0 Å². The van der Waals surface area contributed by atoms with Gasteiger partial charge in [-0.05, 0) is 38.0 Å². The van der Waals surface area contributed by atoms with Crippen LogP contribution in [0, 0.1) is 13.8 Å². The van der Waals surface area contributed by atoms with Crippen LogP contribution >= 0.6 is 0 Å². The third-order valence-corrected chi connectivity index (χ3v) is 3.05. The smallest absolute Gasteiger partial charge is 0.145 e. The molecule has 0 spiro atoms. The Morgan fingerprint density at radius 1 is 1.28 bits per heavy atom. The van der Waals surface area contributed by atoms with Gasteiger partial charge in [-0.1, -0.05) is 13.0 Å². The van der Waals surface area contributed by atoms with Crippen LogP contribution in [-0.2, 0) is 0 Å². The fourth-order valence-electron chi connectivity index (χ4n) is 2.18. The van der Waals surface area contributed by atoms with Gasteiger partial charge in [0.05, 0.1) is 7.11 Å². The van der Waals surface area contributed by atoms with E-state index in [4.69, 9.17) is 4.74 Å². The predicted octanol–water partition coefficient (Wildman–Crippen LogP) is 3.68. The SMILES string of the molecule is CCCNc1cc(C)nc2c(OC)ccc(C)c12. The largest absolute Gasteiger partial charge is 0.494 e. The lowest BCUT2D eigenvalue weighted by Crippen LogP contribution is -2.03.